The zero-order chi connectivity index (χ0) is 14.0. The lowest BCUT2D eigenvalue weighted by Gasteiger charge is -2.56. The van der Waals surface area contributed by atoms with E-state index in [-0.39, 0.29) is 35.1 Å². The maximum atomic E-state index is 12.6. The predicted molar refractivity (Wildman–Crippen MR) is 67.3 cm³/mol. The van der Waals surface area contributed by atoms with Crippen molar-refractivity contribution in [2.75, 3.05) is 0 Å². The molecule has 4 nitrogen and oxygen atoms in total. The van der Waals surface area contributed by atoms with Gasteiger partial charge in [0.15, 0.2) is 5.78 Å². The number of fused-ring (bicyclic) bond motifs is 4. The highest BCUT2D eigenvalue weighted by Gasteiger charge is 2.84. The number of rotatable bonds is 0. The summed E-state index contributed by atoms with van der Waals surface area (Å²) in [6.07, 6.45) is -0.984. The summed E-state index contributed by atoms with van der Waals surface area (Å²) in [6, 6.07) is 0. The van der Waals surface area contributed by atoms with E-state index in [1.165, 1.54) is 0 Å². The van der Waals surface area contributed by atoms with E-state index in [4.69, 9.17) is 4.74 Å². The molecule has 0 unspecified atom stereocenters. The number of aliphatic hydroxyl groups is 2. The lowest BCUT2D eigenvalue weighted by Crippen LogP contribution is -2.65. The molecule has 106 valence electrons. The van der Waals surface area contributed by atoms with Crippen molar-refractivity contribution < 1.29 is 19.7 Å². The van der Waals surface area contributed by atoms with E-state index in [0.717, 1.165) is 6.42 Å². The summed E-state index contributed by atoms with van der Waals surface area (Å²) in [6.45, 7) is 8.14. The SMILES string of the molecule is C[C@@H]1[C@@H]2O[C@H]3[C@H]4[C@H](CC4(C)C)[C@@](C)(C(=O)[C@H]2O)[C@@]13O. The Morgan fingerprint density at radius 2 is 1.95 bits per heavy atom. The van der Waals surface area contributed by atoms with Crippen LogP contribution in [-0.2, 0) is 9.53 Å². The highest BCUT2D eigenvalue weighted by molar-refractivity contribution is 5.93. The van der Waals surface area contributed by atoms with Crippen LogP contribution in [0.2, 0.25) is 0 Å². The molecule has 1 heterocycles. The minimum absolute atomic E-state index is 0.109. The summed E-state index contributed by atoms with van der Waals surface area (Å²) in [5.74, 6) is -0.0186. The van der Waals surface area contributed by atoms with E-state index in [2.05, 4.69) is 13.8 Å². The van der Waals surface area contributed by atoms with Crippen LogP contribution < -0.4 is 0 Å². The summed E-state index contributed by atoms with van der Waals surface area (Å²) in [5.41, 5.74) is -1.83. The second-order valence-electron chi connectivity index (χ2n) is 7.97. The molecule has 3 saturated carbocycles. The van der Waals surface area contributed by atoms with Gasteiger partial charge < -0.3 is 14.9 Å². The lowest BCUT2D eigenvalue weighted by atomic mass is 9.49. The van der Waals surface area contributed by atoms with Crippen LogP contribution in [0.4, 0.5) is 0 Å². The molecule has 4 aliphatic rings. The second-order valence-corrected chi connectivity index (χ2v) is 7.97. The number of carbonyl (C=O) groups excluding carboxylic acids is 1. The summed E-state index contributed by atoms with van der Waals surface area (Å²) < 4.78 is 5.99. The Kier molecular flexibility index (Phi) is 1.89. The predicted octanol–water partition coefficient (Wildman–Crippen LogP) is 0.747. The minimum Gasteiger partial charge on any atom is -0.386 e. The molecule has 3 aliphatic carbocycles. The number of ketones is 1. The molecule has 4 heteroatoms. The van der Waals surface area contributed by atoms with Gasteiger partial charge in [-0.25, -0.2) is 0 Å². The average molecular weight is 266 g/mol. The van der Waals surface area contributed by atoms with Crippen molar-refractivity contribution in [3.05, 3.63) is 0 Å². The van der Waals surface area contributed by atoms with Gasteiger partial charge >= 0.3 is 0 Å². The Balaban J connectivity index is 1.93. The van der Waals surface area contributed by atoms with Gasteiger partial charge in [-0.15, -0.1) is 0 Å². The fraction of sp³-hybridized carbons (Fsp3) is 0.933. The highest BCUT2D eigenvalue weighted by atomic mass is 16.5. The van der Waals surface area contributed by atoms with Crippen molar-refractivity contribution in [1.29, 1.82) is 0 Å². The van der Waals surface area contributed by atoms with E-state index < -0.39 is 23.2 Å². The number of aliphatic hydroxyl groups excluding tert-OH is 1. The monoisotopic (exact) mass is 266 g/mol. The number of Topliss-reactive ketones (excluding diaryl/α,β-unsaturated/α-hetero) is 1. The third-order valence-electron chi connectivity index (χ3n) is 7.00. The first-order valence-corrected chi connectivity index (χ1v) is 7.27. The molecule has 19 heavy (non-hydrogen) atoms. The fourth-order valence-electron chi connectivity index (χ4n) is 5.91. The van der Waals surface area contributed by atoms with Crippen LogP contribution in [0.1, 0.15) is 34.1 Å². The van der Waals surface area contributed by atoms with Crippen LogP contribution in [0.5, 0.6) is 0 Å². The zero-order valence-electron chi connectivity index (χ0n) is 11.9. The molecule has 1 saturated heterocycles. The topological polar surface area (TPSA) is 66.8 Å². The molecule has 2 bridgehead atoms. The largest absolute Gasteiger partial charge is 0.386 e. The summed E-state index contributed by atoms with van der Waals surface area (Å²) in [7, 11) is 0. The molecule has 1 aliphatic heterocycles. The quantitative estimate of drug-likeness (QED) is 0.679. The molecular formula is C15H22O4. The van der Waals surface area contributed by atoms with Gasteiger partial charge in [0.05, 0.1) is 17.6 Å². The second kappa shape index (κ2) is 2.92. The maximum absolute atomic E-state index is 12.6. The first kappa shape index (κ1) is 12.3. The Labute approximate surface area is 113 Å². The highest BCUT2D eigenvalue weighted by Crippen LogP contribution is 2.75. The van der Waals surface area contributed by atoms with E-state index in [9.17, 15) is 15.0 Å². The van der Waals surface area contributed by atoms with Crippen molar-refractivity contribution in [1.82, 2.24) is 0 Å². The normalized spacial score (nSPS) is 64.8. The molecule has 0 radical (unpaired) electrons. The van der Waals surface area contributed by atoms with Crippen molar-refractivity contribution in [3.8, 4) is 0 Å². The van der Waals surface area contributed by atoms with Crippen LogP contribution in [0.25, 0.3) is 0 Å². The van der Waals surface area contributed by atoms with Crippen molar-refractivity contribution in [2.45, 2.75) is 58.0 Å². The summed E-state index contributed by atoms with van der Waals surface area (Å²) >= 11 is 0. The van der Waals surface area contributed by atoms with E-state index in [1.807, 2.05) is 13.8 Å². The Bertz CT molecular complexity index is 487. The number of carbonyl (C=O) groups is 1. The number of hydrogen-bond acceptors (Lipinski definition) is 4. The third-order valence-corrected chi connectivity index (χ3v) is 7.00. The summed E-state index contributed by atoms with van der Waals surface area (Å²) in [5, 5.41) is 21.5. The van der Waals surface area contributed by atoms with Gasteiger partial charge in [-0.2, -0.15) is 0 Å². The zero-order valence-corrected chi connectivity index (χ0v) is 11.9. The Morgan fingerprint density at radius 1 is 1.32 bits per heavy atom. The Hall–Kier alpha value is -0.450. The van der Waals surface area contributed by atoms with E-state index in [0.29, 0.717) is 0 Å². The van der Waals surface area contributed by atoms with Crippen LogP contribution >= 0.6 is 0 Å². The molecule has 2 N–H and O–H groups in total. The molecule has 4 fully saturated rings. The van der Waals surface area contributed by atoms with Gasteiger partial charge in [0.25, 0.3) is 0 Å². The van der Waals surface area contributed by atoms with Gasteiger partial charge in [-0.1, -0.05) is 20.8 Å². The smallest absolute Gasteiger partial charge is 0.173 e. The van der Waals surface area contributed by atoms with Gasteiger partial charge in [0, 0.05) is 5.92 Å². The van der Waals surface area contributed by atoms with Crippen LogP contribution in [-0.4, -0.2) is 39.9 Å². The fourth-order valence-corrected chi connectivity index (χ4v) is 5.91. The van der Waals surface area contributed by atoms with Crippen LogP contribution in [0, 0.1) is 28.6 Å². The molecular weight excluding hydrogens is 244 g/mol. The summed E-state index contributed by atoms with van der Waals surface area (Å²) in [4.78, 5) is 12.6. The first-order valence-electron chi connectivity index (χ1n) is 7.27. The van der Waals surface area contributed by atoms with Crippen molar-refractivity contribution in [3.63, 3.8) is 0 Å². The van der Waals surface area contributed by atoms with Crippen LogP contribution in [0.3, 0.4) is 0 Å². The molecule has 0 amide bonds. The van der Waals surface area contributed by atoms with Crippen LogP contribution in [0.15, 0.2) is 0 Å². The van der Waals surface area contributed by atoms with Crippen molar-refractivity contribution in [2.24, 2.45) is 28.6 Å². The van der Waals surface area contributed by atoms with Crippen molar-refractivity contribution >= 4 is 5.78 Å². The molecule has 0 spiro atoms. The molecule has 0 aromatic carbocycles. The average Bonchev–Trinajstić information content (AvgIpc) is 2.65. The maximum Gasteiger partial charge on any atom is 0.173 e. The standard InChI is InChI=1S/C15H22O4/c1-6-10-9(16)11(17)14(4)7-5-13(2,3)8(7)12(19-10)15(6,14)18/h6-10,12,16,18H,5H2,1-4H3/t6-,7+,8-,9+,10+,12+,14+,15-/m1/s1. The van der Waals surface area contributed by atoms with E-state index >= 15 is 0 Å². The molecule has 8 atom stereocenters. The van der Waals surface area contributed by atoms with Gasteiger partial charge in [0.1, 0.15) is 11.7 Å². The first-order chi connectivity index (χ1) is 8.67. The molecule has 4 rings (SSSR count). The molecule has 0 aromatic rings. The molecule has 0 aromatic heterocycles. The number of hydrogen-bond donors (Lipinski definition) is 2. The Morgan fingerprint density at radius 3 is 2.53 bits per heavy atom. The van der Waals surface area contributed by atoms with Gasteiger partial charge in [-0.3, -0.25) is 4.79 Å². The van der Waals surface area contributed by atoms with Gasteiger partial charge in [0.2, 0.25) is 0 Å². The number of ether oxygens (including phenoxy) is 1. The van der Waals surface area contributed by atoms with Gasteiger partial charge in [-0.05, 0) is 30.6 Å². The minimum atomic E-state index is -1.10. The third kappa shape index (κ3) is 0.930. The lowest BCUT2D eigenvalue weighted by molar-refractivity contribution is -0.188. The van der Waals surface area contributed by atoms with E-state index in [1.54, 1.807) is 0 Å².